The molecule has 1 N–H and O–H groups in total. The molecule has 1 unspecified atom stereocenters. The number of hydrogen-bond acceptors (Lipinski definition) is 2. The fourth-order valence-electron chi connectivity index (χ4n) is 2.53. The summed E-state index contributed by atoms with van der Waals surface area (Å²) < 4.78 is 43.8. The van der Waals surface area contributed by atoms with Crippen LogP contribution in [0.1, 0.15) is 22.9 Å². The second kappa shape index (κ2) is 5.13. The molecule has 0 spiro atoms. The van der Waals surface area contributed by atoms with Gasteiger partial charge in [0.15, 0.2) is 0 Å². The number of nitrogens with one attached hydrogen (secondary N) is 1. The Morgan fingerprint density at radius 1 is 1.29 bits per heavy atom. The second-order valence-electron chi connectivity index (χ2n) is 4.80. The Hall–Kier alpha value is -1.92. The van der Waals surface area contributed by atoms with E-state index in [1.165, 1.54) is 0 Å². The van der Waals surface area contributed by atoms with Gasteiger partial charge in [0.1, 0.15) is 5.69 Å². The van der Waals surface area contributed by atoms with E-state index in [9.17, 15) is 13.2 Å². The molecular weight excluding hydrogens is 281 g/mol. The molecule has 21 heavy (non-hydrogen) atoms. The minimum absolute atomic E-state index is 0.0978. The number of halogens is 3. The fraction of sp³-hybridized carbons (Fsp3) is 0.267. The van der Waals surface area contributed by atoms with Crippen molar-refractivity contribution in [2.75, 3.05) is 6.54 Å². The zero-order valence-electron chi connectivity index (χ0n) is 10.9. The largest absolute Gasteiger partial charge is 0.433 e. The van der Waals surface area contributed by atoms with Gasteiger partial charge in [-0.25, -0.2) is 0 Å². The van der Waals surface area contributed by atoms with Gasteiger partial charge < -0.3 is 4.74 Å². The molecule has 1 aliphatic heterocycles. The molecule has 1 radical (unpaired) electrons. The molecule has 0 saturated heterocycles. The third-order valence-corrected chi connectivity index (χ3v) is 3.53. The van der Waals surface area contributed by atoms with Crippen molar-refractivity contribution in [3.8, 4) is 11.1 Å². The summed E-state index contributed by atoms with van der Waals surface area (Å²) in [6.45, 7) is 0.416. The highest BCUT2D eigenvalue weighted by Gasteiger charge is 2.33. The molecule has 3 nitrogen and oxygen atoms in total. The third-order valence-electron chi connectivity index (χ3n) is 3.53. The normalized spacial score (nSPS) is 17.8. The zero-order chi connectivity index (χ0) is 15.0. The molecule has 0 amide bonds. The second-order valence-corrected chi connectivity index (χ2v) is 4.80. The summed E-state index contributed by atoms with van der Waals surface area (Å²) in [4.78, 5) is 3.37. The van der Waals surface area contributed by atoms with Crippen molar-refractivity contribution >= 4 is 0 Å². The molecule has 2 aromatic rings. The highest BCUT2D eigenvalue weighted by atomic mass is 19.4. The Labute approximate surface area is 119 Å². The number of alkyl halides is 3. The van der Waals surface area contributed by atoms with Crippen LogP contribution in [0.4, 0.5) is 13.2 Å². The smallest absolute Gasteiger partial charge is 0.367 e. The number of hydrogen-bond donors (Lipinski definition) is 0. The summed E-state index contributed by atoms with van der Waals surface area (Å²) in [5.41, 5.74) is 9.43. The molecule has 1 atom stereocenters. The SMILES string of the molecule is [NH]CC1OCc2c(-c3ccnc(C(F)(F)F)c3)cccc21. The predicted molar refractivity (Wildman–Crippen MR) is 70.2 cm³/mol. The van der Waals surface area contributed by atoms with Gasteiger partial charge in [-0.05, 0) is 34.4 Å². The lowest BCUT2D eigenvalue weighted by atomic mass is 9.95. The molecule has 0 fully saturated rings. The van der Waals surface area contributed by atoms with Crippen LogP contribution in [-0.4, -0.2) is 11.5 Å². The standard InChI is InChI=1S/C15H12F3N2O/c16-15(17,18)14-6-9(4-5-20-14)10-2-1-3-11-12(10)8-21-13(11)7-19/h1-6,13,19H,7-8H2. The van der Waals surface area contributed by atoms with Gasteiger partial charge in [0.25, 0.3) is 0 Å². The van der Waals surface area contributed by atoms with Crippen molar-refractivity contribution in [2.24, 2.45) is 0 Å². The zero-order valence-corrected chi connectivity index (χ0v) is 10.9. The number of rotatable bonds is 2. The van der Waals surface area contributed by atoms with E-state index in [-0.39, 0.29) is 12.6 Å². The summed E-state index contributed by atoms with van der Waals surface area (Å²) in [5, 5.41) is 0. The third kappa shape index (κ3) is 2.52. The topological polar surface area (TPSA) is 45.9 Å². The summed E-state index contributed by atoms with van der Waals surface area (Å²) >= 11 is 0. The number of ether oxygens (including phenoxy) is 1. The molecule has 6 heteroatoms. The van der Waals surface area contributed by atoms with E-state index in [4.69, 9.17) is 10.5 Å². The van der Waals surface area contributed by atoms with Crippen LogP contribution < -0.4 is 5.73 Å². The van der Waals surface area contributed by atoms with Crippen LogP contribution in [-0.2, 0) is 17.5 Å². The van der Waals surface area contributed by atoms with Crippen LogP contribution in [0.2, 0.25) is 0 Å². The lowest BCUT2D eigenvalue weighted by molar-refractivity contribution is -0.141. The van der Waals surface area contributed by atoms with Crippen molar-refractivity contribution in [3.63, 3.8) is 0 Å². The van der Waals surface area contributed by atoms with Gasteiger partial charge in [-0.1, -0.05) is 18.2 Å². The van der Waals surface area contributed by atoms with Crippen LogP contribution in [0.3, 0.4) is 0 Å². The maximum atomic E-state index is 12.8. The van der Waals surface area contributed by atoms with E-state index in [1.54, 1.807) is 18.2 Å². The van der Waals surface area contributed by atoms with Gasteiger partial charge in [0.05, 0.1) is 12.7 Å². The monoisotopic (exact) mass is 293 g/mol. The summed E-state index contributed by atoms with van der Waals surface area (Å²) in [6, 6.07) is 8.00. The first-order valence-corrected chi connectivity index (χ1v) is 6.42. The van der Waals surface area contributed by atoms with Crippen LogP contribution in [0.5, 0.6) is 0 Å². The van der Waals surface area contributed by atoms with E-state index in [0.717, 1.165) is 23.4 Å². The minimum atomic E-state index is -4.46. The van der Waals surface area contributed by atoms with Gasteiger partial charge in [-0.3, -0.25) is 10.7 Å². The number of nitrogens with zero attached hydrogens (tertiary/aromatic N) is 1. The average Bonchev–Trinajstić information content (AvgIpc) is 2.89. The van der Waals surface area contributed by atoms with E-state index < -0.39 is 11.9 Å². The quantitative estimate of drug-likeness (QED) is 0.849. The predicted octanol–water partition coefficient (Wildman–Crippen LogP) is 3.62. The van der Waals surface area contributed by atoms with Crippen molar-refractivity contribution in [1.29, 1.82) is 0 Å². The molecule has 109 valence electrons. The number of pyridine rings is 1. The van der Waals surface area contributed by atoms with Gasteiger partial charge in [0, 0.05) is 12.7 Å². The molecule has 2 heterocycles. The van der Waals surface area contributed by atoms with Crippen molar-refractivity contribution in [2.45, 2.75) is 18.9 Å². The van der Waals surface area contributed by atoms with E-state index in [1.807, 2.05) is 6.07 Å². The van der Waals surface area contributed by atoms with Gasteiger partial charge in [0.2, 0.25) is 0 Å². The van der Waals surface area contributed by atoms with Crippen LogP contribution >= 0.6 is 0 Å². The summed E-state index contributed by atoms with van der Waals surface area (Å²) in [7, 11) is 0. The van der Waals surface area contributed by atoms with Crippen molar-refractivity contribution < 1.29 is 17.9 Å². The molecule has 1 aromatic heterocycles. The number of fused-ring (bicyclic) bond motifs is 1. The first-order valence-electron chi connectivity index (χ1n) is 6.42. The van der Waals surface area contributed by atoms with Gasteiger partial charge in [-0.15, -0.1) is 0 Å². The van der Waals surface area contributed by atoms with Crippen LogP contribution in [0.15, 0.2) is 36.5 Å². The Morgan fingerprint density at radius 3 is 2.81 bits per heavy atom. The van der Waals surface area contributed by atoms with Crippen molar-refractivity contribution in [1.82, 2.24) is 10.7 Å². The Balaban J connectivity index is 2.09. The van der Waals surface area contributed by atoms with Gasteiger partial charge >= 0.3 is 6.18 Å². The minimum Gasteiger partial charge on any atom is -0.367 e. The summed E-state index contributed by atoms with van der Waals surface area (Å²) in [5.74, 6) is 0. The average molecular weight is 293 g/mol. The first-order chi connectivity index (χ1) is 10.0. The van der Waals surface area contributed by atoms with Crippen LogP contribution in [0.25, 0.3) is 11.1 Å². The van der Waals surface area contributed by atoms with Crippen LogP contribution in [0, 0.1) is 0 Å². The first kappa shape index (κ1) is 14.0. The van der Waals surface area contributed by atoms with E-state index >= 15 is 0 Å². The van der Waals surface area contributed by atoms with E-state index in [0.29, 0.717) is 17.7 Å². The highest BCUT2D eigenvalue weighted by Crippen LogP contribution is 2.38. The maximum Gasteiger partial charge on any atom is 0.433 e. The lowest BCUT2D eigenvalue weighted by Gasteiger charge is -2.11. The molecule has 0 saturated carbocycles. The lowest BCUT2D eigenvalue weighted by Crippen LogP contribution is -2.07. The van der Waals surface area contributed by atoms with Gasteiger partial charge in [-0.2, -0.15) is 13.2 Å². The van der Waals surface area contributed by atoms with E-state index in [2.05, 4.69) is 4.98 Å². The molecule has 3 rings (SSSR count). The molecule has 1 aliphatic rings. The van der Waals surface area contributed by atoms with Crippen molar-refractivity contribution in [3.05, 3.63) is 53.3 Å². The number of benzene rings is 1. The molecule has 0 aliphatic carbocycles. The summed E-state index contributed by atoms with van der Waals surface area (Å²) in [6.07, 6.45) is -3.60. The molecule has 1 aromatic carbocycles. The highest BCUT2D eigenvalue weighted by molar-refractivity contribution is 5.69. The molecular formula is C15H12F3N2O. The Bertz CT molecular complexity index is 670. The maximum absolute atomic E-state index is 12.8. The molecule has 0 bridgehead atoms. The Morgan fingerprint density at radius 2 is 2.10 bits per heavy atom. The fourth-order valence-corrected chi connectivity index (χ4v) is 2.53. The number of aromatic nitrogens is 1. The Kier molecular flexibility index (Phi) is 3.43.